The van der Waals surface area contributed by atoms with Gasteiger partial charge in [0.15, 0.2) is 10.8 Å². The first-order chi connectivity index (χ1) is 10.2. The average molecular weight is 309 g/mol. The van der Waals surface area contributed by atoms with E-state index in [4.69, 9.17) is 4.74 Å². The first-order valence-electron chi connectivity index (χ1n) is 7.34. The summed E-state index contributed by atoms with van der Waals surface area (Å²) in [5, 5.41) is 5.69. The van der Waals surface area contributed by atoms with E-state index >= 15 is 0 Å². The summed E-state index contributed by atoms with van der Waals surface area (Å²) < 4.78 is 4.97. The standard InChI is InChI=1S/C14H19N3O3S/c1-2-20-13(19)11-8-21-14(16-11)17-6-5-10-9(7-17)3-4-12(18)15-10/h8-10H,2-7H2,1H3,(H,15,18). The van der Waals surface area contributed by atoms with Crippen molar-refractivity contribution in [1.82, 2.24) is 10.3 Å². The van der Waals surface area contributed by atoms with E-state index < -0.39 is 0 Å². The number of carbonyl (C=O) groups is 2. The Balaban J connectivity index is 1.66. The van der Waals surface area contributed by atoms with Gasteiger partial charge in [-0.15, -0.1) is 11.3 Å². The molecule has 21 heavy (non-hydrogen) atoms. The van der Waals surface area contributed by atoms with Gasteiger partial charge in [0.05, 0.1) is 6.61 Å². The lowest BCUT2D eigenvalue weighted by Gasteiger charge is -2.41. The summed E-state index contributed by atoms with van der Waals surface area (Å²) in [7, 11) is 0. The van der Waals surface area contributed by atoms with Gasteiger partial charge in [0.1, 0.15) is 0 Å². The molecule has 1 aromatic heterocycles. The number of aromatic nitrogens is 1. The van der Waals surface area contributed by atoms with Crippen LogP contribution in [-0.4, -0.2) is 42.6 Å². The molecule has 2 atom stereocenters. The van der Waals surface area contributed by atoms with Crippen LogP contribution in [0.25, 0.3) is 0 Å². The first kappa shape index (κ1) is 14.3. The average Bonchev–Trinajstić information content (AvgIpc) is 2.97. The molecule has 0 bridgehead atoms. The smallest absolute Gasteiger partial charge is 0.357 e. The molecule has 2 fully saturated rings. The van der Waals surface area contributed by atoms with Gasteiger partial charge in [0, 0.05) is 30.9 Å². The van der Waals surface area contributed by atoms with Gasteiger partial charge in [0.2, 0.25) is 5.91 Å². The predicted octanol–water partition coefficient (Wildman–Crippen LogP) is 1.42. The summed E-state index contributed by atoms with van der Waals surface area (Å²) in [4.78, 5) is 29.7. The zero-order valence-corrected chi connectivity index (χ0v) is 12.8. The normalized spacial score (nSPS) is 25.2. The molecule has 1 amide bonds. The van der Waals surface area contributed by atoms with Crippen molar-refractivity contribution in [2.24, 2.45) is 5.92 Å². The van der Waals surface area contributed by atoms with Crippen molar-refractivity contribution in [3.05, 3.63) is 11.1 Å². The molecule has 0 saturated carbocycles. The van der Waals surface area contributed by atoms with E-state index in [0.29, 0.717) is 30.7 Å². The predicted molar refractivity (Wildman–Crippen MR) is 79.6 cm³/mol. The molecule has 0 aromatic carbocycles. The molecule has 7 heteroatoms. The Labute approximate surface area is 127 Å². The van der Waals surface area contributed by atoms with Gasteiger partial charge in [0.25, 0.3) is 0 Å². The summed E-state index contributed by atoms with van der Waals surface area (Å²) in [6, 6.07) is 0.298. The maximum absolute atomic E-state index is 11.7. The topological polar surface area (TPSA) is 71.5 Å². The van der Waals surface area contributed by atoms with Crippen LogP contribution in [0.4, 0.5) is 5.13 Å². The second kappa shape index (κ2) is 6.01. The third kappa shape index (κ3) is 3.02. The Bertz CT molecular complexity index is 545. The largest absolute Gasteiger partial charge is 0.461 e. The SMILES string of the molecule is CCOC(=O)c1csc(N2CCC3NC(=O)CCC3C2)n1. The van der Waals surface area contributed by atoms with E-state index in [1.54, 1.807) is 12.3 Å². The van der Waals surface area contributed by atoms with Crippen molar-refractivity contribution in [2.45, 2.75) is 32.2 Å². The summed E-state index contributed by atoms with van der Waals surface area (Å²) >= 11 is 1.48. The molecule has 3 heterocycles. The Hall–Kier alpha value is -1.63. The maximum Gasteiger partial charge on any atom is 0.357 e. The third-order valence-electron chi connectivity index (χ3n) is 4.07. The molecule has 0 radical (unpaired) electrons. The summed E-state index contributed by atoms with van der Waals surface area (Å²) in [5.74, 6) is 0.287. The maximum atomic E-state index is 11.7. The summed E-state index contributed by atoms with van der Waals surface area (Å²) in [5.41, 5.74) is 0.385. The van der Waals surface area contributed by atoms with Crippen molar-refractivity contribution in [3.63, 3.8) is 0 Å². The number of anilines is 1. The highest BCUT2D eigenvalue weighted by molar-refractivity contribution is 7.13. The van der Waals surface area contributed by atoms with Gasteiger partial charge in [-0.05, 0) is 25.7 Å². The van der Waals surface area contributed by atoms with E-state index in [9.17, 15) is 9.59 Å². The molecule has 1 N–H and O–H groups in total. The molecule has 1 aromatic rings. The zero-order valence-electron chi connectivity index (χ0n) is 12.0. The monoisotopic (exact) mass is 309 g/mol. The molecule has 2 saturated heterocycles. The number of hydrogen-bond donors (Lipinski definition) is 1. The van der Waals surface area contributed by atoms with Crippen molar-refractivity contribution < 1.29 is 14.3 Å². The number of carbonyl (C=O) groups excluding carboxylic acids is 2. The van der Waals surface area contributed by atoms with Gasteiger partial charge < -0.3 is 15.0 Å². The van der Waals surface area contributed by atoms with Crippen LogP contribution in [0.15, 0.2) is 5.38 Å². The number of amides is 1. The van der Waals surface area contributed by atoms with E-state index in [0.717, 1.165) is 31.1 Å². The highest BCUT2D eigenvalue weighted by Gasteiger charge is 2.34. The Kier molecular flexibility index (Phi) is 4.10. The second-order valence-electron chi connectivity index (χ2n) is 5.44. The molecule has 2 aliphatic rings. The number of fused-ring (bicyclic) bond motifs is 1. The number of nitrogens with zero attached hydrogens (tertiary/aromatic N) is 2. The van der Waals surface area contributed by atoms with Crippen LogP contribution in [0.3, 0.4) is 0 Å². The molecule has 2 aliphatic heterocycles. The van der Waals surface area contributed by atoms with E-state index in [1.165, 1.54) is 11.3 Å². The fraction of sp³-hybridized carbons (Fsp3) is 0.643. The number of nitrogens with one attached hydrogen (secondary N) is 1. The zero-order chi connectivity index (χ0) is 14.8. The fourth-order valence-corrected chi connectivity index (χ4v) is 3.82. The number of thiazole rings is 1. The van der Waals surface area contributed by atoms with E-state index in [1.807, 2.05) is 0 Å². The van der Waals surface area contributed by atoms with Gasteiger partial charge in [-0.25, -0.2) is 9.78 Å². The van der Waals surface area contributed by atoms with Crippen molar-refractivity contribution >= 4 is 28.3 Å². The summed E-state index contributed by atoms with van der Waals surface area (Å²) in [6.45, 7) is 3.89. The number of ether oxygens (including phenoxy) is 1. The number of rotatable bonds is 3. The molecule has 2 unspecified atom stereocenters. The quantitative estimate of drug-likeness (QED) is 0.855. The van der Waals surface area contributed by atoms with Gasteiger partial charge in [-0.1, -0.05) is 0 Å². The molecule has 0 aliphatic carbocycles. The van der Waals surface area contributed by atoms with E-state index in [2.05, 4.69) is 15.2 Å². The van der Waals surface area contributed by atoms with Crippen LogP contribution in [0, 0.1) is 5.92 Å². The highest BCUT2D eigenvalue weighted by Crippen LogP contribution is 2.30. The van der Waals surface area contributed by atoms with Crippen LogP contribution in [-0.2, 0) is 9.53 Å². The first-order valence-corrected chi connectivity index (χ1v) is 8.22. The molecule has 0 spiro atoms. The minimum absolute atomic E-state index is 0.170. The number of esters is 1. The van der Waals surface area contributed by atoms with Crippen LogP contribution in [0.2, 0.25) is 0 Å². The second-order valence-corrected chi connectivity index (χ2v) is 6.28. The van der Waals surface area contributed by atoms with Crippen molar-refractivity contribution in [2.75, 3.05) is 24.6 Å². The Morgan fingerprint density at radius 1 is 1.57 bits per heavy atom. The van der Waals surface area contributed by atoms with Gasteiger partial charge in [-0.2, -0.15) is 0 Å². The van der Waals surface area contributed by atoms with Crippen molar-refractivity contribution in [1.29, 1.82) is 0 Å². The summed E-state index contributed by atoms with van der Waals surface area (Å²) in [6.07, 6.45) is 2.48. The molecular formula is C14H19N3O3S. The lowest BCUT2D eigenvalue weighted by atomic mass is 9.85. The Morgan fingerprint density at radius 3 is 3.24 bits per heavy atom. The fourth-order valence-electron chi connectivity index (χ4n) is 2.99. The molecule has 114 valence electrons. The van der Waals surface area contributed by atoms with Crippen LogP contribution >= 0.6 is 11.3 Å². The lowest BCUT2D eigenvalue weighted by molar-refractivity contribution is -0.124. The number of piperidine rings is 2. The molecule has 3 rings (SSSR count). The van der Waals surface area contributed by atoms with Crippen LogP contribution in [0.1, 0.15) is 36.7 Å². The van der Waals surface area contributed by atoms with Crippen molar-refractivity contribution in [3.8, 4) is 0 Å². The lowest BCUT2D eigenvalue weighted by Crippen LogP contribution is -2.54. The minimum Gasteiger partial charge on any atom is -0.461 e. The van der Waals surface area contributed by atoms with Gasteiger partial charge >= 0.3 is 5.97 Å². The van der Waals surface area contributed by atoms with Crippen LogP contribution < -0.4 is 10.2 Å². The third-order valence-corrected chi connectivity index (χ3v) is 4.97. The van der Waals surface area contributed by atoms with E-state index in [-0.39, 0.29) is 11.9 Å². The molecule has 6 nitrogen and oxygen atoms in total. The van der Waals surface area contributed by atoms with Crippen LogP contribution in [0.5, 0.6) is 0 Å². The van der Waals surface area contributed by atoms with Gasteiger partial charge in [-0.3, -0.25) is 4.79 Å². The Morgan fingerprint density at radius 2 is 2.43 bits per heavy atom. The molecular weight excluding hydrogens is 290 g/mol. The highest BCUT2D eigenvalue weighted by atomic mass is 32.1. The number of hydrogen-bond acceptors (Lipinski definition) is 6. The minimum atomic E-state index is -0.361.